The number of nitrogens with two attached hydrogens (primary N) is 1. The molecular formula is C17H32N2. The molecule has 4 bridgehead atoms. The zero-order chi connectivity index (χ0) is 13.7. The van der Waals surface area contributed by atoms with Crippen LogP contribution < -0.4 is 11.1 Å². The Balaban J connectivity index is 1.67. The zero-order valence-electron chi connectivity index (χ0n) is 13.1. The number of rotatable bonds is 5. The van der Waals surface area contributed by atoms with Crippen LogP contribution in [-0.4, -0.2) is 19.1 Å². The maximum absolute atomic E-state index is 5.70. The molecule has 19 heavy (non-hydrogen) atoms. The van der Waals surface area contributed by atoms with Crippen LogP contribution >= 0.6 is 0 Å². The Kier molecular flexibility index (Phi) is 3.26. The average Bonchev–Trinajstić information content (AvgIpc) is 2.23. The van der Waals surface area contributed by atoms with Crippen molar-refractivity contribution in [2.45, 2.75) is 71.8 Å². The summed E-state index contributed by atoms with van der Waals surface area (Å²) in [5, 5.41) is 3.61. The van der Waals surface area contributed by atoms with Gasteiger partial charge in [0.2, 0.25) is 0 Å². The molecule has 0 spiro atoms. The van der Waals surface area contributed by atoms with E-state index in [1.54, 1.807) is 0 Å². The van der Waals surface area contributed by atoms with Crippen LogP contribution in [0.3, 0.4) is 0 Å². The molecule has 2 nitrogen and oxygen atoms in total. The van der Waals surface area contributed by atoms with Crippen molar-refractivity contribution in [1.29, 1.82) is 0 Å². The second-order valence-electron chi connectivity index (χ2n) is 8.97. The lowest BCUT2D eigenvalue weighted by Gasteiger charge is -2.65. The van der Waals surface area contributed by atoms with Crippen LogP contribution in [-0.2, 0) is 0 Å². The molecular weight excluding hydrogens is 232 g/mol. The van der Waals surface area contributed by atoms with Gasteiger partial charge in [0.15, 0.2) is 0 Å². The van der Waals surface area contributed by atoms with Crippen LogP contribution in [0.25, 0.3) is 0 Å². The third-order valence-electron chi connectivity index (χ3n) is 6.24. The van der Waals surface area contributed by atoms with E-state index in [9.17, 15) is 0 Å². The highest BCUT2D eigenvalue weighted by Gasteiger charge is 2.59. The smallest absolute Gasteiger partial charge is 0.0161 e. The molecule has 4 saturated carbocycles. The minimum absolute atomic E-state index is 0.472. The summed E-state index contributed by atoms with van der Waals surface area (Å²) in [5.41, 5.74) is 7.68. The van der Waals surface area contributed by atoms with Gasteiger partial charge in [0.05, 0.1) is 0 Å². The van der Waals surface area contributed by atoms with Gasteiger partial charge in [0.1, 0.15) is 0 Å². The molecule has 0 heterocycles. The molecule has 0 aromatic carbocycles. The molecule has 4 aliphatic rings. The third kappa shape index (κ3) is 2.58. The summed E-state index contributed by atoms with van der Waals surface area (Å²) in [6.07, 6.45) is 10.4. The number of hydrogen-bond acceptors (Lipinski definition) is 2. The number of nitrogens with one attached hydrogen (secondary N) is 1. The highest BCUT2D eigenvalue weighted by molar-refractivity contribution is 5.10. The SMILES string of the molecule is C[C@@H](CN)NCCC12CC3CC(C)(CC(C)(C3)C1)C2. The standard InChI is InChI=1S/C17H32N2/c1-13(9-18)19-5-4-17-8-14-6-15(2,11-17)10-16(3,7-14)12-17/h13-14,19H,4-12,18H2,1-3H3/t13-,14?,15?,16?,17?/m0/s1. The first-order valence-corrected chi connectivity index (χ1v) is 8.30. The van der Waals surface area contributed by atoms with Crippen LogP contribution in [0.4, 0.5) is 0 Å². The van der Waals surface area contributed by atoms with Crippen molar-refractivity contribution in [3.63, 3.8) is 0 Å². The van der Waals surface area contributed by atoms with E-state index in [1.807, 2.05) is 0 Å². The maximum atomic E-state index is 5.70. The van der Waals surface area contributed by atoms with Crippen LogP contribution in [0, 0.1) is 22.2 Å². The molecule has 110 valence electrons. The van der Waals surface area contributed by atoms with Gasteiger partial charge in [-0.2, -0.15) is 0 Å². The van der Waals surface area contributed by atoms with Gasteiger partial charge >= 0.3 is 0 Å². The maximum Gasteiger partial charge on any atom is 0.0161 e. The first-order valence-electron chi connectivity index (χ1n) is 8.30. The zero-order valence-corrected chi connectivity index (χ0v) is 13.1. The van der Waals surface area contributed by atoms with E-state index < -0.39 is 0 Å². The lowest BCUT2D eigenvalue weighted by Crippen LogP contribution is -2.55. The first-order chi connectivity index (χ1) is 8.86. The second-order valence-corrected chi connectivity index (χ2v) is 8.97. The summed E-state index contributed by atoms with van der Waals surface area (Å²) in [4.78, 5) is 0. The van der Waals surface area contributed by atoms with E-state index in [4.69, 9.17) is 5.73 Å². The molecule has 0 aromatic heterocycles. The van der Waals surface area contributed by atoms with E-state index in [0.29, 0.717) is 22.3 Å². The summed E-state index contributed by atoms with van der Waals surface area (Å²) in [6, 6.07) is 0.472. The first kappa shape index (κ1) is 13.9. The molecule has 4 fully saturated rings. The topological polar surface area (TPSA) is 38.0 Å². The molecule has 2 heteroatoms. The predicted octanol–water partition coefficient (Wildman–Crippen LogP) is 3.31. The summed E-state index contributed by atoms with van der Waals surface area (Å²) >= 11 is 0. The monoisotopic (exact) mass is 264 g/mol. The Bertz CT molecular complexity index is 333. The van der Waals surface area contributed by atoms with E-state index in [2.05, 4.69) is 26.1 Å². The Hall–Kier alpha value is -0.0800. The van der Waals surface area contributed by atoms with Gasteiger partial charge in [0, 0.05) is 12.6 Å². The summed E-state index contributed by atoms with van der Waals surface area (Å²) in [7, 11) is 0. The summed E-state index contributed by atoms with van der Waals surface area (Å²) in [5.74, 6) is 1.03. The van der Waals surface area contributed by atoms with Gasteiger partial charge in [-0.1, -0.05) is 13.8 Å². The Labute approximate surface area is 118 Å². The van der Waals surface area contributed by atoms with Gasteiger partial charge in [0.25, 0.3) is 0 Å². The molecule has 0 saturated heterocycles. The van der Waals surface area contributed by atoms with Crippen molar-refractivity contribution in [2.24, 2.45) is 27.9 Å². The molecule has 3 atom stereocenters. The fourth-order valence-corrected chi connectivity index (χ4v) is 6.63. The van der Waals surface area contributed by atoms with Crippen LogP contribution in [0.2, 0.25) is 0 Å². The molecule has 3 N–H and O–H groups in total. The molecule has 4 rings (SSSR count). The van der Waals surface area contributed by atoms with Crippen molar-refractivity contribution in [2.75, 3.05) is 13.1 Å². The highest BCUT2D eigenvalue weighted by atomic mass is 14.9. The largest absolute Gasteiger partial charge is 0.329 e. The molecule has 0 radical (unpaired) electrons. The molecule has 0 aromatic rings. The lowest BCUT2D eigenvalue weighted by atomic mass is 9.40. The van der Waals surface area contributed by atoms with Crippen molar-refractivity contribution >= 4 is 0 Å². The van der Waals surface area contributed by atoms with Crippen molar-refractivity contribution in [3.8, 4) is 0 Å². The van der Waals surface area contributed by atoms with Gasteiger partial charge < -0.3 is 11.1 Å². The average molecular weight is 264 g/mol. The molecule has 0 amide bonds. The fourth-order valence-electron chi connectivity index (χ4n) is 6.63. The van der Waals surface area contributed by atoms with Gasteiger partial charge in [-0.05, 0) is 80.6 Å². The van der Waals surface area contributed by atoms with E-state index >= 15 is 0 Å². The molecule has 4 aliphatic carbocycles. The molecule has 0 aliphatic heterocycles. The normalized spacial score (nSPS) is 49.6. The van der Waals surface area contributed by atoms with Crippen molar-refractivity contribution in [3.05, 3.63) is 0 Å². The van der Waals surface area contributed by atoms with E-state index in [0.717, 1.165) is 19.0 Å². The van der Waals surface area contributed by atoms with E-state index in [1.165, 1.54) is 44.9 Å². The number of hydrogen-bond donors (Lipinski definition) is 2. The van der Waals surface area contributed by atoms with Crippen LogP contribution in [0.15, 0.2) is 0 Å². The summed E-state index contributed by atoms with van der Waals surface area (Å²) < 4.78 is 0. The Morgan fingerprint density at radius 1 is 1.11 bits per heavy atom. The highest BCUT2D eigenvalue weighted by Crippen LogP contribution is 2.70. The van der Waals surface area contributed by atoms with Crippen molar-refractivity contribution in [1.82, 2.24) is 5.32 Å². The van der Waals surface area contributed by atoms with Crippen LogP contribution in [0.1, 0.15) is 65.7 Å². The summed E-state index contributed by atoms with van der Waals surface area (Å²) in [6.45, 7) is 9.26. The van der Waals surface area contributed by atoms with Gasteiger partial charge in [-0.3, -0.25) is 0 Å². The fraction of sp³-hybridized carbons (Fsp3) is 1.00. The lowest BCUT2D eigenvalue weighted by molar-refractivity contribution is -0.147. The molecule has 2 unspecified atom stereocenters. The third-order valence-corrected chi connectivity index (χ3v) is 6.24. The van der Waals surface area contributed by atoms with Crippen LogP contribution in [0.5, 0.6) is 0 Å². The predicted molar refractivity (Wildman–Crippen MR) is 81.0 cm³/mol. The quantitative estimate of drug-likeness (QED) is 0.799. The minimum atomic E-state index is 0.472. The van der Waals surface area contributed by atoms with E-state index in [-0.39, 0.29) is 0 Å². The second kappa shape index (κ2) is 4.46. The Morgan fingerprint density at radius 3 is 2.26 bits per heavy atom. The van der Waals surface area contributed by atoms with Crippen molar-refractivity contribution < 1.29 is 0 Å². The van der Waals surface area contributed by atoms with Gasteiger partial charge in [-0.15, -0.1) is 0 Å². The van der Waals surface area contributed by atoms with Gasteiger partial charge in [-0.25, -0.2) is 0 Å². The minimum Gasteiger partial charge on any atom is -0.329 e. The Morgan fingerprint density at radius 2 is 1.74 bits per heavy atom.